The van der Waals surface area contributed by atoms with Crippen molar-refractivity contribution in [3.8, 4) is 11.5 Å². The molecule has 3 rings (SSSR count). The van der Waals surface area contributed by atoms with E-state index in [0.717, 1.165) is 12.8 Å². The minimum atomic E-state index is -3.84. The van der Waals surface area contributed by atoms with Crippen LogP contribution in [0.25, 0.3) is 0 Å². The van der Waals surface area contributed by atoms with Crippen molar-refractivity contribution in [2.45, 2.75) is 30.3 Å². The van der Waals surface area contributed by atoms with Crippen molar-refractivity contribution in [1.82, 2.24) is 10.0 Å². The maximum Gasteiger partial charge on any atom is 0.253 e. The number of rotatable bonds is 8. The Kier molecular flexibility index (Phi) is 6.58. The summed E-state index contributed by atoms with van der Waals surface area (Å²) in [7, 11) is -0.786. The molecule has 1 fully saturated rings. The molecule has 0 aliphatic heterocycles. The Labute approximate surface area is 179 Å². The highest BCUT2D eigenvalue weighted by Crippen LogP contribution is 2.31. The molecular weight excluding hydrogens is 439 g/mol. The van der Waals surface area contributed by atoms with Crippen molar-refractivity contribution < 1.29 is 22.7 Å². The molecule has 0 atom stereocenters. The third kappa shape index (κ3) is 5.14. The second kappa shape index (κ2) is 8.79. The van der Waals surface area contributed by atoms with Crippen LogP contribution in [0.3, 0.4) is 0 Å². The Morgan fingerprint density at radius 3 is 2.45 bits per heavy atom. The first-order valence-corrected chi connectivity index (χ1v) is 11.0. The Bertz CT molecular complexity index is 1040. The quantitative estimate of drug-likeness (QED) is 0.632. The standard InChI is InChI=1S/C19H20Cl2N2O5S/c1-27-13-5-6-17(28-2)11(7-13)10-22-19(24)14-8-18(16(21)9-15(14)20)29(25,26)23-12-3-4-12/h5-9,12,23H,3-4,10H2,1-2H3,(H,22,24). The van der Waals surface area contributed by atoms with E-state index < -0.39 is 15.9 Å². The van der Waals surface area contributed by atoms with Crippen LogP contribution in [0.15, 0.2) is 35.2 Å². The monoisotopic (exact) mass is 458 g/mol. The highest BCUT2D eigenvalue weighted by atomic mass is 35.5. The molecule has 0 unspecified atom stereocenters. The fourth-order valence-corrected chi connectivity index (χ4v) is 4.85. The van der Waals surface area contributed by atoms with Crippen molar-refractivity contribution in [3.63, 3.8) is 0 Å². The van der Waals surface area contributed by atoms with Gasteiger partial charge in [0.2, 0.25) is 10.0 Å². The van der Waals surface area contributed by atoms with Gasteiger partial charge in [-0.3, -0.25) is 4.79 Å². The lowest BCUT2D eigenvalue weighted by atomic mass is 10.1. The lowest BCUT2D eigenvalue weighted by Crippen LogP contribution is -2.27. The van der Waals surface area contributed by atoms with E-state index in [1.165, 1.54) is 26.4 Å². The molecule has 0 radical (unpaired) electrons. The van der Waals surface area contributed by atoms with E-state index in [1.807, 2.05) is 0 Å². The zero-order valence-electron chi connectivity index (χ0n) is 15.8. The molecule has 0 saturated heterocycles. The Balaban J connectivity index is 1.83. The van der Waals surface area contributed by atoms with E-state index in [1.54, 1.807) is 18.2 Å². The van der Waals surface area contributed by atoms with E-state index in [4.69, 9.17) is 32.7 Å². The number of hydrogen-bond acceptors (Lipinski definition) is 5. The number of carbonyl (C=O) groups is 1. The number of amides is 1. The van der Waals surface area contributed by atoms with Gasteiger partial charge in [-0.25, -0.2) is 13.1 Å². The number of ether oxygens (including phenoxy) is 2. The van der Waals surface area contributed by atoms with Crippen molar-refractivity contribution in [1.29, 1.82) is 0 Å². The predicted octanol–water partition coefficient (Wildman–Crippen LogP) is 3.38. The number of sulfonamides is 1. The smallest absolute Gasteiger partial charge is 0.253 e. The zero-order chi connectivity index (χ0) is 21.2. The third-order valence-corrected chi connectivity index (χ3v) is 6.68. The van der Waals surface area contributed by atoms with Crippen LogP contribution in [0.5, 0.6) is 11.5 Å². The van der Waals surface area contributed by atoms with Crippen LogP contribution in [-0.2, 0) is 16.6 Å². The van der Waals surface area contributed by atoms with Crippen LogP contribution in [0.1, 0.15) is 28.8 Å². The van der Waals surface area contributed by atoms with Gasteiger partial charge in [-0.05, 0) is 43.2 Å². The van der Waals surface area contributed by atoms with Crippen LogP contribution in [0.4, 0.5) is 0 Å². The van der Waals surface area contributed by atoms with Gasteiger partial charge in [-0.15, -0.1) is 0 Å². The first-order valence-electron chi connectivity index (χ1n) is 8.75. The first kappa shape index (κ1) is 21.7. The molecule has 0 aromatic heterocycles. The third-order valence-electron chi connectivity index (χ3n) is 4.38. The van der Waals surface area contributed by atoms with Gasteiger partial charge in [0, 0.05) is 18.2 Å². The SMILES string of the molecule is COc1ccc(OC)c(CNC(=O)c2cc(S(=O)(=O)NC3CC3)c(Cl)cc2Cl)c1. The summed E-state index contributed by atoms with van der Waals surface area (Å²) < 4.78 is 38.1. The van der Waals surface area contributed by atoms with Crippen LogP contribution in [0.2, 0.25) is 10.0 Å². The number of benzene rings is 2. The molecule has 1 saturated carbocycles. The highest BCUT2D eigenvalue weighted by molar-refractivity contribution is 7.89. The lowest BCUT2D eigenvalue weighted by molar-refractivity contribution is 0.0950. The molecule has 2 aromatic carbocycles. The molecule has 0 heterocycles. The van der Waals surface area contributed by atoms with Gasteiger partial charge in [-0.1, -0.05) is 23.2 Å². The summed E-state index contributed by atoms with van der Waals surface area (Å²) >= 11 is 12.2. The van der Waals surface area contributed by atoms with Gasteiger partial charge in [0.05, 0.1) is 29.8 Å². The van der Waals surface area contributed by atoms with Gasteiger partial charge in [-0.2, -0.15) is 0 Å². The van der Waals surface area contributed by atoms with Crippen LogP contribution < -0.4 is 19.5 Å². The summed E-state index contributed by atoms with van der Waals surface area (Å²) in [5, 5.41) is 2.72. The molecule has 2 N–H and O–H groups in total. The predicted molar refractivity (Wildman–Crippen MR) is 111 cm³/mol. The summed E-state index contributed by atoms with van der Waals surface area (Å²) in [6.45, 7) is 0.126. The summed E-state index contributed by atoms with van der Waals surface area (Å²) in [6.07, 6.45) is 1.56. The number of hydrogen-bond donors (Lipinski definition) is 2. The van der Waals surface area contributed by atoms with Gasteiger partial charge in [0.25, 0.3) is 5.91 Å². The Hall–Kier alpha value is -2.00. The summed E-state index contributed by atoms with van der Waals surface area (Å²) in [6, 6.07) is 7.55. The van der Waals surface area contributed by atoms with Crippen LogP contribution >= 0.6 is 23.2 Å². The van der Waals surface area contributed by atoms with E-state index >= 15 is 0 Å². The normalized spacial score (nSPS) is 13.8. The molecule has 10 heteroatoms. The van der Waals surface area contributed by atoms with Crippen LogP contribution in [-0.4, -0.2) is 34.6 Å². The fourth-order valence-electron chi connectivity index (χ4n) is 2.68. The van der Waals surface area contributed by atoms with E-state index in [0.29, 0.717) is 17.1 Å². The minimum absolute atomic E-state index is 0.00843. The molecule has 1 amide bonds. The summed E-state index contributed by atoms with van der Waals surface area (Å²) in [4.78, 5) is 12.5. The number of nitrogens with one attached hydrogen (secondary N) is 2. The minimum Gasteiger partial charge on any atom is -0.497 e. The lowest BCUT2D eigenvalue weighted by Gasteiger charge is -2.13. The van der Waals surface area contributed by atoms with E-state index in [-0.39, 0.29) is 33.1 Å². The zero-order valence-corrected chi connectivity index (χ0v) is 18.1. The first-order chi connectivity index (χ1) is 13.7. The highest BCUT2D eigenvalue weighted by Gasteiger charge is 2.30. The molecule has 1 aliphatic carbocycles. The van der Waals surface area contributed by atoms with Crippen molar-refractivity contribution in [2.75, 3.05) is 14.2 Å². The molecule has 1 aliphatic rings. The van der Waals surface area contributed by atoms with Crippen molar-refractivity contribution in [3.05, 3.63) is 51.5 Å². The summed E-state index contributed by atoms with van der Waals surface area (Å²) in [5.41, 5.74) is 0.697. The second-order valence-corrected chi connectivity index (χ2v) is 9.02. The van der Waals surface area contributed by atoms with Crippen LogP contribution in [0, 0.1) is 0 Å². The fraction of sp³-hybridized carbons (Fsp3) is 0.316. The van der Waals surface area contributed by atoms with Gasteiger partial charge in [0.1, 0.15) is 16.4 Å². The molecule has 2 aromatic rings. The van der Waals surface area contributed by atoms with E-state index in [9.17, 15) is 13.2 Å². The largest absolute Gasteiger partial charge is 0.497 e. The van der Waals surface area contributed by atoms with Gasteiger partial charge >= 0.3 is 0 Å². The number of methoxy groups -OCH3 is 2. The average Bonchev–Trinajstić information content (AvgIpc) is 3.48. The summed E-state index contributed by atoms with van der Waals surface area (Å²) in [5.74, 6) is 0.642. The molecular formula is C19H20Cl2N2O5S. The number of halogens is 2. The maximum atomic E-state index is 12.7. The second-order valence-electron chi connectivity index (χ2n) is 6.52. The Morgan fingerprint density at radius 2 is 1.83 bits per heavy atom. The van der Waals surface area contributed by atoms with Crippen molar-refractivity contribution >= 4 is 39.1 Å². The molecule has 29 heavy (non-hydrogen) atoms. The van der Waals surface area contributed by atoms with Crippen molar-refractivity contribution in [2.24, 2.45) is 0 Å². The number of carbonyl (C=O) groups excluding carboxylic acids is 1. The average molecular weight is 459 g/mol. The molecule has 0 bridgehead atoms. The van der Waals surface area contributed by atoms with Gasteiger partial charge < -0.3 is 14.8 Å². The maximum absolute atomic E-state index is 12.7. The molecule has 7 nitrogen and oxygen atoms in total. The molecule has 0 spiro atoms. The van der Waals surface area contributed by atoms with E-state index in [2.05, 4.69) is 10.0 Å². The van der Waals surface area contributed by atoms with Gasteiger partial charge in [0.15, 0.2) is 0 Å². The molecule has 156 valence electrons. The topological polar surface area (TPSA) is 93.7 Å². The Morgan fingerprint density at radius 1 is 1.10 bits per heavy atom.